The molecule has 0 atom stereocenters. The molecule has 0 bridgehead atoms. The summed E-state index contributed by atoms with van der Waals surface area (Å²) in [5, 5.41) is 18.0. The molecule has 3 heterocycles. The van der Waals surface area contributed by atoms with Crippen LogP contribution >= 0.6 is 0 Å². The molecular formula is C14H20N4O2. The van der Waals surface area contributed by atoms with E-state index in [2.05, 4.69) is 15.4 Å². The van der Waals surface area contributed by atoms with Crippen LogP contribution < -0.4 is 5.32 Å². The summed E-state index contributed by atoms with van der Waals surface area (Å²) in [5.74, 6) is 0. The van der Waals surface area contributed by atoms with Crippen molar-refractivity contribution in [3.63, 3.8) is 0 Å². The zero-order valence-corrected chi connectivity index (χ0v) is 11.7. The Balaban J connectivity index is 1.59. The number of aryl methyl sites for hydroxylation is 1. The number of hydrogen-bond acceptors (Lipinski definition) is 5. The van der Waals surface area contributed by atoms with Gasteiger partial charge in [0.15, 0.2) is 5.65 Å². The van der Waals surface area contributed by atoms with E-state index in [1.807, 2.05) is 25.4 Å². The molecule has 0 aromatic carbocycles. The molecule has 1 aliphatic heterocycles. The van der Waals surface area contributed by atoms with Crippen LogP contribution in [0.1, 0.15) is 24.1 Å². The second kappa shape index (κ2) is 5.47. The fraction of sp³-hybridized carbons (Fsp3) is 0.571. The van der Waals surface area contributed by atoms with Gasteiger partial charge < -0.3 is 15.2 Å². The summed E-state index contributed by atoms with van der Waals surface area (Å²) in [4.78, 5) is 4.36. The molecule has 2 aromatic heterocycles. The lowest BCUT2D eigenvalue weighted by Crippen LogP contribution is -2.44. The summed E-state index contributed by atoms with van der Waals surface area (Å²) in [6, 6.07) is 1.95. The van der Waals surface area contributed by atoms with Crippen LogP contribution in [0.5, 0.6) is 0 Å². The first-order valence-electron chi connectivity index (χ1n) is 6.96. The number of aliphatic hydroxyl groups is 1. The Bertz CT molecular complexity index is 590. The van der Waals surface area contributed by atoms with Crippen LogP contribution in [0.25, 0.3) is 5.65 Å². The largest absolute Gasteiger partial charge is 0.388 e. The van der Waals surface area contributed by atoms with Gasteiger partial charge in [0.25, 0.3) is 0 Å². The predicted octanol–water partition coefficient (Wildman–Crippen LogP) is 0.669. The molecule has 0 unspecified atom stereocenters. The van der Waals surface area contributed by atoms with E-state index >= 15 is 0 Å². The maximum atomic E-state index is 10.3. The minimum Gasteiger partial charge on any atom is -0.388 e. The van der Waals surface area contributed by atoms with Gasteiger partial charge in [-0.3, -0.25) is 0 Å². The second-order valence-corrected chi connectivity index (χ2v) is 5.49. The molecule has 1 fully saturated rings. The highest BCUT2D eigenvalue weighted by Gasteiger charge is 2.29. The fourth-order valence-electron chi connectivity index (χ4n) is 2.49. The maximum Gasteiger partial charge on any atom is 0.155 e. The standard InChI is InChI=1S/C14H20N4O2/c1-11-6-13-16-8-12(9-18(13)17-11)7-15-10-14(19)2-4-20-5-3-14/h6,8-9,15,19H,2-5,7,10H2,1H3. The highest BCUT2D eigenvalue weighted by atomic mass is 16.5. The van der Waals surface area contributed by atoms with Crippen LogP contribution in [0.4, 0.5) is 0 Å². The first kappa shape index (κ1) is 13.5. The van der Waals surface area contributed by atoms with E-state index in [-0.39, 0.29) is 0 Å². The van der Waals surface area contributed by atoms with Crippen LogP contribution in [-0.4, -0.2) is 45.1 Å². The first-order chi connectivity index (χ1) is 9.65. The molecule has 0 amide bonds. The molecule has 1 saturated heterocycles. The number of rotatable bonds is 4. The second-order valence-electron chi connectivity index (χ2n) is 5.49. The summed E-state index contributed by atoms with van der Waals surface area (Å²) in [5.41, 5.74) is 2.22. The van der Waals surface area contributed by atoms with Crippen LogP contribution in [0, 0.1) is 6.92 Å². The zero-order valence-electron chi connectivity index (χ0n) is 11.7. The lowest BCUT2D eigenvalue weighted by atomic mass is 9.94. The first-order valence-corrected chi connectivity index (χ1v) is 6.96. The number of fused-ring (bicyclic) bond motifs is 1. The van der Waals surface area contributed by atoms with Crippen molar-refractivity contribution in [3.8, 4) is 0 Å². The maximum absolute atomic E-state index is 10.3. The highest BCUT2D eigenvalue weighted by Crippen LogP contribution is 2.19. The molecule has 0 aliphatic carbocycles. The van der Waals surface area contributed by atoms with Crippen LogP contribution in [-0.2, 0) is 11.3 Å². The number of hydrogen-bond donors (Lipinski definition) is 2. The molecule has 3 rings (SSSR count). The van der Waals surface area contributed by atoms with Crippen LogP contribution in [0.3, 0.4) is 0 Å². The zero-order chi connectivity index (χ0) is 14.0. The molecular weight excluding hydrogens is 256 g/mol. The summed E-state index contributed by atoms with van der Waals surface area (Å²) in [6.45, 7) is 4.47. The highest BCUT2D eigenvalue weighted by molar-refractivity contribution is 5.38. The van der Waals surface area contributed by atoms with Gasteiger partial charge in [-0.2, -0.15) is 5.10 Å². The number of nitrogens with one attached hydrogen (secondary N) is 1. The van der Waals surface area contributed by atoms with Gasteiger partial charge in [0.2, 0.25) is 0 Å². The SMILES string of the molecule is Cc1cc2ncc(CNCC3(O)CCOCC3)cn2n1. The van der Waals surface area contributed by atoms with E-state index < -0.39 is 5.60 Å². The average molecular weight is 276 g/mol. The van der Waals surface area contributed by atoms with Gasteiger partial charge in [-0.1, -0.05) is 0 Å². The number of ether oxygens (including phenoxy) is 1. The van der Waals surface area contributed by atoms with Crippen LogP contribution in [0.2, 0.25) is 0 Å². The minimum atomic E-state index is -0.641. The topological polar surface area (TPSA) is 71.7 Å². The van der Waals surface area contributed by atoms with Gasteiger partial charge in [0.05, 0.1) is 11.3 Å². The molecule has 2 aromatic rings. The van der Waals surface area contributed by atoms with Crippen LogP contribution in [0.15, 0.2) is 18.5 Å². The van der Waals surface area contributed by atoms with Crippen molar-refractivity contribution in [2.45, 2.75) is 31.9 Å². The minimum absolute atomic E-state index is 0.576. The quantitative estimate of drug-likeness (QED) is 0.859. The van der Waals surface area contributed by atoms with E-state index in [0.29, 0.717) is 39.1 Å². The predicted molar refractivity (Wildman–Crippen MR) is 74.4 cm³/mol. The van der Waals surface area contributed by atoms with Gasteiger partial charge >= 0.3 is 0 Å². The molecule has 108 valence electrons. The van der Waals surface area contributed by atoms with Crippen molar-refractivity contribution in [2.75, 3.05) is 19.8 Å². The normalized spacial score (nSPS) is 18.5. The van der Waals surface area contributed by atoms with Crippen molar-refractivity contribution in [1.29, 1.82) is 0 Å². The summed E-state index contributed by atoms with van der Waals surface area (Å²) >= 11 is 0. The fourth-order valence-corrected chi connectivity index (χ4v) is 2.49. The van der Waals surface area contributed by atoms with Crippen molar-refractivity contribution < 1.29 is 9.84 Å². The lowest BCUT2D eigenvalue weighted by molar-refractivity contribution is -0.0617. The third-order valence-electron chi connectivity index (χ3n) is 3.70. The molecule has 0 radical (unpaired) electrons. The van der Waals surface area contributed by atoms with Crippen molar-refractivity contribution in [1.82, 2.24) is 19.9 Å². The Hall–Kier alpha value is -1.50. The monoisotopic (exact) mass is 276 g/mol. The number of nitrogens with zero attached hydrogens (tertiary/aromatic N) is 3. The smallest absolute Gasteiger partial charge is 0.155 e. The number of aromatic nitrogens is 3. The van der Waals surface area contributed by atoms with Gasteiger partial charge in [-0.15, -0.1) is 0 Å². The summed E-state index contributed by atoms with van der Waals surface area (Å²) in [7, 11) is 0. The van der Waals surface area contributed by atoms with Crippen molar-refractivity contribution in [2.24, 2.45) is 0 Å². The van der Waals surface area contributed by atoms with E-state index in [0.717, 1.165) is 16.9 Å². The Morgan fingerprint density at radius 2 is 2.25 bits per heavy atom. The summed E-state index contributed by atoms with van der Waals surface area (Å²) in [6.07, 6.45) is 5.19. The van der Waals surface area contributed by atoms with Crippen molar-refractivity contribution in [3.05, 3.63) is 29.7 Å². The van der Waals surface area contributed by atoms with E-state index in [1.54, 1.807) is 4.52 Å². The van der Waals surface area contributed by atoms with Gasteiger partial charge in [0, 0.05) is 63.2 Å². The van der Waals surface area contributed by atoms with Crippen molar-refractivity contribution >= 4 is 5.65 Å². The van der Waals surface area contributed by atoms with Gasteiger partial charge in [-0.25, -0.2) is 9.50 Å². The molecule has 6 heteroatoms. The lowest BCUT2D eigenvalue weighted by Gasteiger charge is -2.32. The Morgan fingerprint density at radius 1 is 1.45 bits per heavy atom. The van der Waals surface area contributed by atoms with E-state index in [9.17, 15) is 5.11 Å². The van der Waals surface area contributed by atoms with E-state index in [4.69, 9.17) is 4.74 Å². The Kier molecular flexibility index (Phi) is 3.69. The van der Waals surface area contributed by atoms with E-state index in [1.165, 1.54) is 0 Å². The Morgan fingerprint density at radius 3 is 3.05 bits per heavy atom. The molecule has 2 N–H and O–H groups in total. The molecule has 6 nitrogen and oxygen atoms in total. The Labute approximate surface area is 117 Å². The van der Waals surface area contributed by atoms with Gasteiger partial charge in [0.1, 0.15) is 0 Å². The third-order valence-corrected chi connectivity index (χ3v) is 3.70. The molecule has 20 heavy (non-hydrogen) atoms. The average Bonchev–Trinajstić information content (AvgIpc) is 2.79. The van der Waals surface area contributed by atoms with Gasteiger partial charge in [-0.05, 0) is 6.92 Å². The molecule has 1 aliphatic rings. The molecule has 0 spiro atoms. The molecule has 0 saturated carbocycles. The summed E-state index contributed by atoms with van der Waals surface area (Å²) < 4.78 is 7.06. The third kappa shape index (κ3) is 2.98.